The Morgan fingerprint density at radius 2 is 1.75 bits per heavy atom. The number of amides is 1. The molecule has 0 saturated heterocycles. The average Bonchev–Trinajstić information content (AvgIpc) is 3.27. The lowest BCUT2D eigenvalue weighted by atomic mass is 10.1. The summed E-state index contributed by atoms with van der Waals surface area (Å²) in [5.74, 6) is -0.670. The number of halogens is 1. The Morgan fingerprint density at radius 3 is 2.46 bits per heavy atom. The van der Waals surface area contributed by atoms with Gasteiger partial charge in [0.15, 0.2) is 4.91 Å². The summed E-state index contributed by atoms with van der Waals surface area (Å²) < 4.78 is 44.4. The van der Waals surface area contributed by atoms with Gasteiger partial charge in [0, 0.05) is 11.3 Å². The number of anilines is 1. The normalized spacial score (nSPS) is 14.6. The Balaban J connectivity index is 1.73. The van der Waals surface area contributed by atoms with E-state index >= 15 is 0 Å². The van der Waals surface area contributed by atoms with Crippen molar-refractivity contribution in [2.75, 3.05) is 5.32 Å². The molecule has 0 bridgehead atoms. The molecule has 0 fully saturated rings. The van der Waals surface area contributed by atoms with Crippen molar-refractivity contribution in [1.82, 2.24) is 5.32 Å². The summed E-state index contributed by atoms with van der Waals surface area (Å²) in [7, 11) is -4.01. The Hall–Kier alpha value is -3.39. The number of carbonyl (C=O) groups is 1. The molecule has 1 amide bonds. The predicted octanol–water partition coefficient (Wildman–Crippen LogP) is 3.30. The number of fused-ring (bicyclic) bond motifs is 1. The van der Waals surface area contributed by atoms with Crippen LogP contribution in [-0.2, 0) is 21.2 Å². The number of sulfone groups is 1. The molecule has 3 aromatic rings. The summed E-state index contributed by atoms with van der Waals surface area (Å²) in [5.41, 5.74) is 0.903. The van der Waals surface area contributed by atoms with Crippen LogP contribution >= 0.6 is 0 Å². The molecular formula is C20H15FN2O4S. The highest BCUT2D eigenvalue weighted by molar-refractivity contribution is 7.97. The number of hydrogen-bond donors (Lipinski definition) is 2. The number of hydrogen-bond acceptors (Lipinski definition) is 5. The minimum atomic E-state index is -4.01. The summed E-state index contributed by atoms with van der Waals surface area (Å²) in [6, 6.07) is 14.9. The largest absolute Gasteiger partial charge is 0.467 e. The van der Waals surface area contributed by atoms with Gasteiger partial charge >= 0.3 is 0 Å². The number of nitrogens with one attached hydrogen (secondary N) is 2. The Labute approximate surface area is 160 Å². The van der Waals surface area contributed by atoms with Crippen molar-refractivity contribution in [3.05, 3.63) is 89.0 Å². The number of carbonyl (C=O) groups excluding carboxylic acids is 1. The van der Waals surface area contributed by atoms with Gasteiger partial charge in [-0.2, -0.15) is 0 Å². The second-order valence-corrected chi connectivity index (χ2v) is 7.95. The predicted molar refractivity (Wildman–Crippen MR) is 101 cm³/mol. The molecule has 0 saturated carbocycles. The quantitative estimate of drug-likeness (QED) is 0.689. The molecule has 4 rings (SSSR count). The summed E-state index contributed by atoms with van der Waals surface area (Å²) in [5, 5.41) is 5.53. The summed E-state index contributed by atoms with van der Waals surface area (Å²) in [4.78, 5) is 12.5. The highest BCUT2D eigenvalue weighted by atomic mass is 32.2. The highest BCUT2D eigenvalue weighted by Gasteiger charge is 2.39. The van der Waals surface area contributed by atoms with Crippen LogP contribution in [-0.4, -0.2) is 14.3 Å². The van der Waals surface area contributed by atoms with E-state index in [9.17, 15) is 17.6 Å². The van der Waals surface area contributed by atoms with Crippen molar-refractivity contribution in [1.29, 1.82) is 0 Å². The molecule has 2 N–H and O–H groups in total. The Bertz CT molecular complexity index is 1170. The zero-order chi connectivity index (χ0) is 19.7. The molecule has 1 aliphatic rings. The molecule has 0 atom stereocenters. The van der Waals surface area contributed by atoms with E-state index in [1.54, 1.807) is 30.3 Å². The van der Waals surface area contributed by atoms with Crippen molar-refractivity contribution in [2.24, 2.45) is 0 Å². The van der Waals surface area contributed by atoms with Crippen LogP contribution in [0.15, 0.2) is 81.1 Å². The number of rotatable bonds is 5. The monoisotopic (exact) mass is 398 g/mol. The standard InChI is InChI=1S/C20H15FN2O4S/c21-13-7-9-14(10-8-13)23-20(24)19-18(22-12-15-4-3-11-27-15)16-5-1-2-6-17(16)28(19,25)26/h1-11,22H,12H2,(H,23,24). The maximum atomic E-state index is 13.1. The highest BCUT2D eigenvalue weighted by Crippen LogP contribution is 2.38. The number of furan rings is 1. The van der Waals surface area contributed by atoms with Crippen molar-refractivity contribution in [3.8, 4) is 0 Å². The van der Waals surface area contributed by atoms with Gasteiger partial charge in [0.1, 0.15) is 11.6 Å². The van der Waals surface area contributed by atoms with Gasteiger partial charge in [0.25, 0.3) is 5.91 Å². The molecule has 1 aromatic heterocycles. The van der Waals surface area contributed by atoms with Gasteiger partial charge in [0.05, 0.1) is 23.4 Å². The third kappa shape index (κ3) is 3.18. The molecule has 28 heavy (non-hydrogen) atoms. The summed E-state index contributed by atoms with van der Waals surface area (Å²) in [6.45, 7) is 0.208. The molecule has 142 valence electrons. The fourth-order valence-electron chi connectivity index (χ4n) is 2.99. The number of benzene rings is 2. The second-order valence-electron chi connectivity index (χ2n) is 6.10. The molecule has 6 nitrogen and oxygen atoms in total. The van der Waals surface area contributed by atoms with E-state index in [0.717, 1.165) is 0 Å². The molecule has 0 spiro atoms. The van der Waals surface area contributed by atoms with Gasteiger partial charge in [-0.05, 0) is 42.5 Å². The van der Waals surface area contributed by atoms with Gasteiger partial charge in [-0.3, -0.25) is 4.79 Å². The summed E-state index contributed by atoms with van der Waals surface area (Å²) in [6.07, 6.45) is 1.51. The SMILES string of the molecule is O=C(Nc1ccc(F)cc1)C1=C(NCc2ccco2)c2ccccc2S1(=O)=O. The topological polar surface area (TPSA) is 88.4 Å². The van der Waals surface area contributed by atoms with Crippen molar-refractivity contribution < 1.29 is 22.0 Å². The van der Waals surface area contributed by atoms with Gasteiger partial charge < -0.3 is 15.1 Å². The second kappa shape index (κ2) is 6.97. The first-order valence-electron chi connectivity index (χ1n) is 8.39. The molecule has 2 heterocycles. The van der Waals surface area contributed by atoms with Gasteiger partial charge in [-0.1, -0.05) is 18.2 Å². The van der Waals surface area contributed by atoms with Gasteiger partial charge in [0.2, 0.25) is 9.84 Å². The average molecular weight is 398 g/mol. The first-order chi connectivity index (χ1) is 13.5. The van der Waals surface area contributed by atoms with E-state index in [2.05, 4.69) is 10.6 Å². The molecule has 1 aliphatic heterocycles. The maximum Gasteiger partial charge on any atom is 0.269 e. The van der Waals surface area contributed by atoms with E-state index in [1.807, 2.05) is 0 Å². The van der Waals surface area contributed by atoms with Crippen LogP contribution in [0.25, 0.3) is 5.70 Å². The first-order valence-corrected chi connectivity index (χ1v) is 9.87. The lowest BCUT2D eigenvalue weighted by Crippen LogP contribution is -2.22. The zero-order valence-corrected chi connectivity index (χ0v) is 15.3. The Kier molecular flexibility index (Phi) is 4.48. The third-order valence-corrected chi connectivity index (χ3v) is 6.13. The van der Waals surface area contributed by atoms with E-state index < -0.39 is 21.6 Å². The zero-order valence-electron chi connectivity index (χ0n) is 14.5. The lowest BCUT2D eigenvalue weighted by Gasteiger charge is -2.10. The molecule has 0 aliphatic carbocycles. The fraction of sp³-hybridized carbons (Fsp3) is 0.0500. The van der Waals surface area contributed by atoms with Crippen LogP contribution in [0.1, 0.15) is 11.3 Å². The van der Waals surface area contributed by atoms with E-state index in [1.165, 1.54) is 36.6 Å². The van der Waals surface area contributed by atoms with Crippen LogP contribution in [0.3, 0.4) is 0 Å². The van der Waals surface area contributed by atoms with E-state index in [4.69, 9.17) is 4.42 Å². The molecular weight excluding hydrogens is 383 g/mol. The van der Waals surface area contributed by atoms with Crippen LogP contribution in [0, 0.1) is 5.82 Å². The fourth-order valence-corrected chi connectivity index (χ4v) is 4.68. The lowest BCUT2D eigenvalue weighted by molar-refractivity contribution is -0.112. The molecule has 0 unspecified atom stereocenters. The van der Waals surface area contributed by atoms with Crippen LogP contribution in [0.4, 0.5) is 10.1 Å². The third-order valence-electron chi connectivity index (χ3n) is 4.27. The first kappa shape index (κ1) is 18.0. The van der Waals surface area contributed by atoms with Crippen molar-refractivity contribution >= 4 is 27.1 Å². The van der Waals surface area contributed by atoms with Crippen LogP contribution in [0.2, 0.25) is 0 Å². The molecule has 2 aromatic carbocycles. The van der Waals surface area contributed by atoms with E-state index in [0.29, 0.717) is 11.3 Å². The van der Waals surface area contributed by atoms with Gasteiger partial charge in [-0.25, -0.2) is 12.8 Å². The molecule has 0 radical (unpaired) electrons. The van der Waals surface area contributed by atoms with Gasteiger partial charge in [-0.15, -0.1) is 0 Å². The minimum absolute atomic E-state index is 0.0567. The molecule has 8 heteroatoms. The summed E-state index contributed by atoms with van der Waals surface area (Å²) >= 11 is 0. The van der Waals surface area contributed by atoms with Crippen LogP contribution in [0.5, 0.6) is 0 Å². The Morgan fingerprint density at radius 1 is 1.00 bits per heavy atom. The van der Waals surface area contributed by atoms with Crippen molar-refractivity contribution in [3.63, 3.8) is 0 Å². The van der Waals surface area contributed by atoms with Crippen LogP contribution < -0.4 is 10.6 Å². The van der Waals surface area contributed by atoms with E-state index in [-0.39, 0.29) is 27.7 Å². The van der Waals surface area contributed by atoms with Crippen molar-refractivity contribution in [2.45, 2.75) is 11.4 Å². The maximum absolute atomic E-state index is 13.1. The minimum Gasteiger partial charge on any atom is -0.467 e. The smallest absolute Gasteiger partial charge is 0.269 e.